The second kappa shape index (κ2) is 9.26. The maximum atomic E-state index is 13.3. The van der Waals surface area contributed by atoms with Gasteiger partial charge < -0.3 is 14.6 Å². The highest BCUT2D eigenvalue weighted by atomic mass is 19.4. The van der Waals surface area contributed by atoms with Crippen LogP contribution in [0.1, 0.15) is 34.3 Å². The lowest BCUT2D eigenvalue weighted by Gasteiger charge is -2.38. The Morgan fingerprint density at radius 2 is 1.97 bits per heavy atom. The number of carbonyl (C=O) groups is 1. The Morgan fingerprint density at radius 3 is 2.62 bits per heavy atom. The molecule has 34 heavy (non-hydrogen) atoms. The molecule has 1 aromatic heterocycles. The van der Waals surface area contributed by atoms with E-state index in [1.165, 1.54) is 41.4 Å². The molecule has 2 heterocycles. The molecule has 1 saturated heterocycles. The average Bonchev–Trinajstić information content (AvgIpc) is 3.37. The van der Waals surface area contributed by atoms with Crippen molar-refractivity contribution >= 4 is 11.6 Å². The number of amides is 1. The highest BCUT2D eigenvalue weighted by Crippen LogP contribution is 2.38. The minimum atomic E-state index is -4.48. The summed E-state index contributed by atoms with van der Waals surface area (Å²) in [6.45, 7) is 0.752. The van der Waals surface area contributed by atoms with Crippen molar-refractivity contribution in [1.82, 2.24) is 14.9 Å². The maximum absolute atomic E-state index is 13.3. The fraction of sp³-hybridized carbons (Fsp3) is 0.304. The molecule has 0 spiro atoms. The number of nitro benzene ring substituents is 1. The van der Waals surface area contributed by atoms with Gasteiger partial charge in [0, 0.05) is 49.2 Å². The number of benzene rings is 2. The van der Waals surface area contributed by atoms with Gasteiger partial charge in [-0.3, -0.25) is 14.9 Å². The number of imidazole rings is 1. The van der Waals surface area contributed by atoms with Crippen LogP contribution in [0.25, 0.3) is 5.69 Å². The number of rotatable bonds is 6. The molecule has 0 atom stereocenters. The van der Waals surface area contributed by atoms with E-state index in [1.54, 1.807) is 12.3 Å². The zero-order valence-electron chi connectivity index (χ0n) is 17.9. The van der Waals surface area contributed by atoms with E-state index in [0.29, 0.717) is 31.6 Å². The van der Waals surface area contributed by atoms with Crippen LogP contribution in [0, 0.1) is 10.1 Å². The Bertz CT molecular complexity index is 1190. The number of nitrogens with zero attached hydrogens (tertiary/aromatic N) is 3. The molecule has 4 rings (SSSR count). The standard InChI is InChI=1S/C23H21F3N4O4/c24-23(25,26)18-3-1-2-17(13-18)22(6-10-34-11-7-22)14-28-21(31)16-4-5-19(20(12-16)30(32)33)29-9-8-27-15-29/h1-5,8-9,12-13,15H,6-7,10-11,14H2,(H,28,31). The molecule has 0 radical (unpaired) electrons. The maximum Gasteiger partial charge on any atom is 0.416 e. The van der Waals surface area contributed by atoms with Crippen molar-refractivity contribution in [2.45, 2.75) is 24.4 Å². The molecule has 11 heteroatoms. The number of ether oxygens (including phenoxy) is 1. The van der Waals surface area contributed by atoms with E-state index in [9.17, 15) is 28.1 Å². The number of aromatic nitrogens is 2. The summed E-state index contributed by atoms with van der Waals surface area (Å²) >= 11 is 0. The molecular formula is C23H21F3N4O4. The van der Waals surface area contributed by atoms with Crippen molar-refractivity contribution in [2.24, 2.45) is 0 Å². The predicted octanol–water partition coefficient (Wildman–Crippen LogP) is 4.28. The Kier molecular flexibility index (Phi) is 6.38. The molecule has 178 valence electrons. The number of hydrogen-bond donors (Lipinski definition) is 1. The summed E-state index contributed by atoms with van der Waals surface area (Å²) in [6.07, 6.45) is 0.799. The van der Waals surface area contributed by atoms with Crippen molar-refractivity contribution in [3.8, 4) is 5.69 Å². The molecule has 0 aliphatic carbocycles. The number of halogens is 3. The van der Waals surface area contributed by atoms with Crippen LogP contribution in [0.2, 0.25) is 0 Å². The van der Waals surface area contributed by atoms with Crippen molar-refractivity contribution in [1.29, 1.82) is 0 Å². The van der Waals surface area contributed by atoms with E-state index in [1.807, 2.05) is 0 Å². The lowest BCUT2D eigenvalue weighted by molar-refractivity contribution is -0.384. The zero-order valence-corrected chi connectivity index (χ0v) is 17.9. The fourth-order valence-electron chi connectivity index (χ4n) is 4.14. The van der Waals surface area contributed by atoms with Crippen molar-refractivity contribution in [3.63, 3.8) is 0 Å². The normalized spacial score (nSPS) is 15.6. The van der Waals surface area contributed by atoms with Gasteiger partial charge in [0.25, 0.3) is 11.6 Å². The van der Waals surface area contributed by atoms with Gasteiger partial charge in [0.2, 0.25) is 0 Å². The second-order valence-electron chi connectivity index (χ2n) is 8.08. The van der Waals surface area contributed by atoms with Gasteiger partial charge in [-0.2, -0.15) is 13.2 Å². The zero-order chi connectivity index (χ0) is 24.3. The Balaban J connectivity index is 1.59. The molecular weight excluding hydrogens is 453 g/mol. The summed E-state index contributed by atoms with van der Waals surface area (Å²) < 4.78 is 46.7. The smallest absolute Gasteiger partial charge is 0.381 e. The topological polar surface area (TPSA) is 99.3 Å². The van der Waals surface area contributed by atoms with Gasteiger partial charge in [0.1, 0.15) is 5.69 Å². The van der Waals surface area contributed by atoms with Gasteiger partial charge in [-0.15, -0.1) is 0 Å². The second-order valence-corrected chi connectivity index (χ2v) is 8.08. The van der Waals surface area contributed by atoms with Crippen molar-refractivity contribution in [2.75, 3.05) is 19.8 Å². The molecule has 0 bridgehead atoms. The number of nitrogens with one attached hydrogen (secondary N) is 1. The largest absolute Gasteiger partial charge is 0.416 e. The third-order valence-corrected chi connectivity index (χ3v) is 6.06. The van der Waals surface area contributed by atoms with Crippen LogP contribution in [-0.2, 0) is 16.3 Å². The summed E-state index contributed by atoms with van der Waals surface area (Å²) in [7, 11) is 0. The van der Waals surface area contributed by atoms with E-state index < -0.39 is 28.0 Å². The first-order valence-corrected chi connectivity index (χ1v) is 10.5. The third kappa shape index (κ3) is 4.79. The Hall–Kier alpha value is -3.73. The number of hydrogen-bond acceptors (Lipinski definition) is 5. The lowest BCUT2D eigenvalue weighted by atomic mass is 9.73. The van der Waals surface area contributed by atoms with Crippen LogP contribution in [0.3, 0.4) is 0 Å². The molecule has 8 nitrogen and oxygen atoms in total. The summed E-state index contributed by atoms with van der Waals surface area (Å²) in [6, 6.07) is 9.18. The average molecular weight is 474 g/mol. The van der Waals surface area contributed by atoms with E-state index in [-0.39, 0.29) is 23.5 Å². The number of nitro groups is 1. The molecule has 2 aromatic carbocycles. The monoisotopic (exact) mass is 474 g/mol. The SMILES string of the molecule is O=C(NCC1(c2cccc(C(F)(F)F)c2)CCOCC1)c1ccc(-n2ccnc2)c([N+](=O)[O-])c1. The highest BCUT2D eigenvalue weighted by molar-refractivity contribution is 5.95. The van der Waals surface area contributed by atoms with E-state index in [0.717, 1.165) is 12.1 Å². The quantitative estimate of drug-likeness (QED) is 0.425. The van der Waals surface area contributed by atoms with Gasteiger partial charge in [-0.1, -0.05) is 18.2 Å². The first kappa shape index (κ1) is 23.4. The first-order chi connectivity index (χ1) is 16.2. The van der Waals surface area contributed by atoms with Gasteiger partial charge in [0.15, 0.2) is 0 Å². The van der Waals surface area contributed by atoms with Crippen LogP contribution >= 0.6 is 0 Å². The molecule has 3 aromatic rings. The van der Waals surface area contributed by atoms with E-state index >= 15 is 0 Å². The molecule has 1 amide bonds. The van der Waals surface area contributed by atoms with Crippen LogP contribution in [0.5, 0.6) is 0 Å². The molecule has 0 saturated carbocycles. The minimum Gasteiger partial charge on any atom is -0.381 e. The van der Waals surface area contributed by atoms with Crippen molar-refractivity contribution < 1.29 is 27.6 Å². The van der Waals surface area contributed by atoms with E-state index in [2.05, 4.69) is 10.3 Å². The van der Waals surface area contributed by atoms with Gasteiger partial charge >= 0.3 is 6.18 Å². The fourth-order valence-corrected chi connectivity index (χ4v) is 4.14. The summed E-state index contributed by atoms with van der Waals surface area (Å²) in [5.74, 6) is -0.557. The van der Waals surface area contributed by atoms with Crippen LogP contribution in [0.15, 0.2) is 61.2 Å². The molecule has 0 unspecified atom stereocenters. The molecule has 1 fully saturated rings. The van der Waals surface area contributed by atoms with Gasteiger partial charge in [0.05, 0.1) is 16.8 Å². The van der Waals surface area contributed by atoms with Crippen LogP contribution < -0.4 is 5.32 Å². The Labute approximate surface area is 192 Å². The molecule has 1 N–H and O–H groups in total. The first-order valence-electron chi connectivity index (χ1n) is 10.5. The van der Waals surface area contributed by atoms with Crippen molar-refractivity contribution in [3.05, 3.63) is 88.0 Å². The lowest BCUT2D eigenvalue weighted by Crippen LogP contribution is -2.44. The van der Waals surface area contributed by atoms with Crippen LogP contribution in [-0.4, -0.2) is 40.1 Å². The highest BCUT2D eigenvalue weighted by Gasteiger charge is 2.38. The summed E-state index contributed by atoms with van der Waals surface area (Å²) in [4.78, 5) is 27.8. The third-order valence-electron chi connectivity index (χ3n) is 6.06. The van der Waals surface area contributed by atoms with Crippen LogP contribution in [0.4, 0.5) is 18.9 Å². The summed E-state index contributed by atoms with van der Waals surface area (Å²) in [5.41, 5.74) is -0.993. The molecule has 1 aliphatic heterocycles. The number of carbonyl (C=O) groups excluding carboxylic acids is 1. The van der Waals surface area contributed by atoms with Gasteiger partial charge in [-0.05, 0) is 36.6 Å². The summed E-state index contributed by atoms with van der Waals surface area (Å²) in [5, 5.41) is 14.3. The minimum absolute atomic E-state index is 0.0631. The molecule has 1 aliphatic rings. The Morgan fingerprint density at radius 1 is 1.21 bits per heavy atom. The van der Waals surface area contributed by atoms with Gasteiger partial charge in [-0.25, -0.2) is 4.98 Å². The van der Waals surface area contributed by atoms with E-state index in [4.69, 9.17) is 4.74 Å². The number of alkyl halides is 3. The predicted molar refractivity (Wildman–Crippen MR) is 116 cm³/mol.